The van der Waals surface area contributed by atoms with Gasteiger partial charge in [0.1, 0.15) is 5.75 Å². The molecule has 1 heterocycles. The Hall–Kier alpha value is -4.19. The molecule has 0 atom stereocenters. The summed E-state index contributed by atoms with van der Waals surface area (Å²) in [6.45, 7) is 0. The first-order valence-corrected chi connectivity index (χ1v) is 9.64. The summed E-state index contributed by atoms with van der Waals surface area (Å²) in [5.41, 5.74) is 3.16. The van der Waals surface area contributed by atoms with Crippen LogP contribution in [0, 0.1) is 0 Å². The van der Waals surface area contributed by atoms with Crippen molar-refractivity contribution < 1.29 is 19.1 Å². The second-order valence-electron chi connectivity index (χ2n) is 6.76. The van der Waals surface area contributed by atoms with Gasteiger partial charge in [0.25, 0.3) is 5.91 Å². The molecule has 0 saturated carbocycles. The summed E-state index contributed by atoms with van der Waals surface area (Å²) < 4.78 is 10.3. The molecule has 0 aliphatic rings. The zero-order valence-corrected chi connectivity index (χ0v) is 17.1. The molecule has 6 nitrogen and oxygen atoms in total. The Balaban J connectivity index is 1.82. The fraction of sp³-hybridized carbons (Fsp3) is 0.0800. The fourth-order valence-corrected chi connectivity index (χ4v) is 3.43. The van der Waals surface area contributed by atoms with Gasteiger partial charge in [-0.25, -0.2) is 9.78 Å². The van der Waals surface area contributed by atoms with E-state index in [0.29, 0.717) is 33.6 Å². The van der Waals surface area contributed by atoms with Gasteiger partial charge in [-0.1, -0.05) is 42.5 Å². The van der Waals surface area contributed by atoms with Crippen LogP contribution in [-0.4, -0.2) is 31.1 Å². The number of nitrogens with zero attached hydrogens (tertiary/aromatic N) is 1. The average Bonchev–Trinajstić information content (AvgIpc) is 2.83. The van der Waals surface area contributed by atoms with Crippen molar-refractivity contribution in [3.05, 3.63) is 90.0 Å². The van der Waals surface area contributed by atoms with Crippen LogP contribution in [0.15, 0.2) is 78.9 Å². The largest absolute Gasteiger partial charge is 0.496 e. The number of hydrogen-bond donors (Lipinski definition) is 1. The van der Waals surface area contributed by atoms with Gasteiger partial charge in [0.05, 0.1) is 42.2 Å². The third kappa shape index (κ3) is 3.96. The number of fused-ring (bicyclic) bond motifs is 1. The molecular weight excluding hydrogens is 392 g/mol. The van der Waals surface area contributed by atoms with Crippen LogP contribution in [0.1, 0.15) is 20.7 Å². The molecule has 3 aromatic carbocycles. The lowest BCUT2D eigenvalue weighted by molar-refractivity contribution is 0.0602. The zero-order chi connectivity index (χ0) is 21.8. The number of ether oxygens (including phenoxy) is 2. The van der Waals surface area contributed by atoms with Crippen molar-refractivity contribution in [2.75, 3.05) is 19.5 Å². The predicted molar refractivity (Wildman–Crippen MR) is 119 cm³/mol. The third-order valence-electron chi connectivity index (χ3n) is 4.92. The van der Waals surface area contributed by atoms with E-state index in [1.807, 2.05) is 48.5 Å². The molecule has 4 rings (SSSR count). The highest BCUT2D eigenvalue weighted by atomic mass is 16.5. The van der Waals surface area contributed by atoms with Crippen molar-refractivity contribution in [2.45, 2.75) is 0 Å². The minimum atomic E-state index is -0.523. The van der Waals surface area contributed by atoms with Crippen molar-refractivity contribution in [3.63, 3.8) is 0 Å². The Bertz CT molecular complexity index is 1280. The van der Waals surface area contributed by atoms with E-state index in [2.05, 4.69) is 5.32 Å². The number of benzene rings is 3. The lowest BCUT2D eigenvalue weighted by Gasteiger charge is -2.13. The minimum absolute atomic E-state index is 0.279. The Morgan fingerprint density at radius 2 is 1.55 bits per heavy atom. The molecule has 0 fully saturated rings. The summed E-state index contributed by atoms with van der Waals surface area (Å²) in [5, 5.41) is 3.55. The number of methoxy groups -OCH3 is 2. The fourth-order valence-electron chi connectivity index (χ4n) is 3.43. The number of nitrogens with one attached hydrogen (secondary N) is 1. The number of rotatable bonds is 5. The van der Waals surface area contributed by atoms with E-state index in [1.165, 1.54) is 7.11 Å². The smallest absolute Gasteiger partial charge is 0.339 e. The van der Waals surface area contributed by atoms with Gasteiger partial charge in [0.15, 0.2) is 0 Å². The highest BCUT2D eigenvalue weighted by molar-refractivity contribution is 6.14. The summed E-state index contributed by atoms with van der Waals surface area (Å²) >= 11 is 0. The van der Waals surface area contributed by atoms with Gasteiger partial charge < -0.3 is 14.8 Å². The quantitative estimate of drug-likeness (QED) is 0.469. The summed E-state index contributed by atoms with van der Waals surface area (Å²) in [6, 6.07) is 23.4. The van der Waals surface area contributed by atoms with Crippen molar-refractivity contribution in [1.29, 1.82) is 0 Å². The van der Waals surface area contributed by atoms with Gasteiger partial charge in [-0.15, -0.1) is 0 Å². The monoisotopic (exact) mass is 412 g/mol. The van der Waals surface area contributed by atoms with Crippen LogP contribution in [0.2, 0.25) is 0 Å². The molecular formula is C25H20N2O4. The molecule has 1 N–H and O–H groups in total. The average molecular weight is 412 g/mol. The van der Waals surface area contributed by atoms with Crippen molar-refractivity contribution in [2.24, 2.45) is 0 Å². The molecule has 0 unspecified atom stereocenters. The van der Waals surface area contributed by atoms with Crippen LogP contribution in [0.25, 0.3) is 22.2 Å². The molecule has 0 spiro atoms. The third-order valence-corrected chi connectivity index (χ3v) is 4.92. The number of carbonyl (C=O) groups excluding carboxylic acids is 2. The standard InChI is InChI=1S/C25H20N2O4/c1-30-23-14-8-5-10-17(23)22-15-19(16-9-3-6-12-20(16)26-22)24(28)27-21-13-7-4-11-18(21)25(29)31-2/h3-15H,1-2H3,(H,27,28). The van der Waals surface area contributed by atoms with Crippen molar-refractivity contribution in [1.82, 2.24) is 4.98 Å². The molecule has 0 bridgehead atoms. The molecule has 1 aromatic heterocycles. The number of anilines is 1. The van der Waals surface area contributed by atoms with Crippen LogP contribution < -0.4 is 10.1 Å². The highest BCUT2D eigenvalue weighted by Crippen LogP contribution is 2.31. The Morgan fingerprint density at radius 3 is 2.35 bits per heavy atom. The maximum Gasteiger partial charge on any atom is 0.339 e. The van der Waals surface area contributed by atoms with Crippen LogP contribution in [0.3, 0.4) is 0 Å². The summed E-state index contributed by atoms with van der Waals surface area (Å²) in [7, 11) is 2.90. The Morgan fingerprint density at radius 1 is 0.839 bits per heavy atom. The van der Waals surface area contributed by atoms with Crippen LogP contribution in [-0.2, 0) is 4.74 Å². The molecule has 0 aliphatic carbocycles. The first-order valence-electron chi connectivity index (χ1n) is 9.64. The maximum atomic E-state index is 13.3. The van der Waals surface area contributed by atoms with Gasteiger partial charge in [-0.05, 0) is 36.4 Å². The Labute approximate surface area is 179 Å². The first-order chi connectivity index (χ1) is 15.1. The van der Waals surface area contributed by atoms with E-state index in [4.69, 9.17) is 14.5 Å². The van der Waals surface area contributed by atoms with Gasteiger partial charge >= 0.3 is 5.97 Å². The number of carbonyl (C=O) groups is 2. The number of amides is 1. The molecule has 0 radical (unpaired) electrons. The van der Waals surface area contributed by atoms with Crippen LogP contribution >= 0.6 is 0 Å². The second-order valence-corrected chi connectivity index (χ2v) is 6.76. The molecule has 0 aliphatic heterocycles. The maximum absolute atomic E-state index is 13.3. The van der Waals surface area contributed by atoms with Crippen LogP contribution in [0.4, 0.5) is 5.69 Å². The topological polar surface area (TPSA) is 77.5 Å². The number of hydrogen-bond acceptors (Lipinski definition) is 5. The lowest BCUT2D eigenvalue weighted by Crippen LogP contribution is -2.16. The second kappa shape index (κ2) is 8.67. The normalized spacial score (nSPS) is 10.5. The SMILES string of the molecule is COC(=O)c1ccccc1NC(=O)c1cc(-c2ccccc2OC)nc2ccccc12. The molecule has 0 saturated heterocycles. The molecule has 1 amide bonds. The van der Waals surface area contributed by atoms with Gasteiger partial charge in [0, 0.05) is 10.9 Å². The molecule has 154 valence electrons. The summed E-state index contributed by atoms with van der Waals surface area (Å²) in [6.07, 6.45) is 0. The van der Waals surface area contributed by atoms with E-state index < -0.39 is 5.97 Å². The van der Waals surface area contributed by atoms with E-state index in [1.54, 1.807) is 37.4 Å². The van der Waals surface area contributed by atoms with Gasteiger partial charge in [0.2, 0.25) is 0 Å². The van der Waals surface area contributed by atoms with Crippen molar-refractivity contribution in [3.8, 4) is 17.0 Å². The van der Waals surface area contributed by atoms with Gasteiger partial charge in [-0.2, -0.15) is 0 Å². The van der Waals surface area contributed by atoms with E-state index in [0.717, 1.165) is 5.56 Å². The highest BCUT2D eigenvalue weighted by Gasteiger charge is 2.18. The molecule has 31 heavy (non-hydrogen) atoms. The van der Waals surface area contributed by atoms with E-state index >= 15 is 0 Å². The number of esters is 1. The van der Waals surface area contributed by atoms with E-state index in [-0.39, 0.29) is 11.5 Å². The zero-order valence-electron chi connectivity index (χ0n) is 17.1. The number of pyridine rings is 1. The predicted octanol–water partition coefficient (Wildman–Crippen LogP) is 4.95. The minimum Gasteiger partial charge on any atom is -0.496 e. The van der Waals surface area contributed by atoms with E-state index in [9.17, 15) is 9.59 Å². The summed E-state index contributed by atoms with van der Waals surface area (Å²) in [4.78, 5) is 30.1. The summed E-state index contributed by atoms with van der Waals surface area (Å²) in [5.74, 6) is -0.219. The molecule has 4 aromatic rings. The number of aromatic nitrogens is 1. The molecule has 6 heteroatoms. The van der Waals surface area contributed by atoms with Crippen molar-refractivity contribution >= 4 is 28.5 Å². The lowest BCUT2D eigenvalue weighted by atomic mass is 10.0. The first kappa shape index (κ1) is 20.1. The van der Waals surface area contributed by atoms with Gasteiger partial charge in [-0.3, -0.25) is 4.79 Å². The van der Waals surface area contributed by atoms with Crippen LogP contribution in [0.5, 0.6) is 5.75 Å². The Kier molecular flexibility index (Phi) is 5.62. The number of para-hydroxylation sites is 3.